The maximum Gasteiger partial charge on any atom is 0.416 e. The topological polar surface area (TPSA) is 61.8 Å². The van der Waals surface area contributed by atoms with Gasteiger partial charge in [-0.3, -0.25) is 9.36 Å². The van der Waals surface area contributed by atoms with Gasteiger partial charge in [-0.1, -0.05) is 26.0 Å². The lowest BCUT2D eigenvalue weighted by Gasteiger charge is -2.14. The third kappa shape index (κ3) is 4.52. The van der Waals surface area contributed by atoms with Crippen molar-refractivity contribution >= 4 is 11.2 Å². The standard InChI is InChI=1S/C24H22F4N4O2/c1-15(2)11-12-31-22(33)20-21(32(23(31)34)19-9-7-18(25)8-10-19)29-14-30(20)13-16-3-5-17(6-4-16)24(26,27)28/h3-10,14-15H,11-13H2,1-2H3. The molecule has 0 N–H and O–H groups in total. The molecular weight excluding hydrogens is 452 g/mol. The van der Waals surface area contributed by atoms with Crippen molar-refractivity contribution in [2.75, 3.05) is 0 Å². The molecule has 2 heterocycles. The molecule has 0 saturated carbocycles. The number of hydrogen-bond acceptors (Lipinski definition) is 3. The summed E-state index contributed by atoms with van der Waals surface area (Å²) < 4.78 is 56.0. The highest BCUT2D eigenvalue weighted by atomic mass is 19.4. The van der Waals surface area contributed by atoms with Gasteiger partial charge in [0.15, 0.2) is 11.2 Å². The zero-order valence-corrected chi connectivity index (χ0v) is 18.5. The Balaban J connectivity index is 1.87. The Kier molecular flexibility index (Phi) is 6.16. The van der Waals surface area contributed by atoms with Crippen molar-refractivity contribution in [2.45, 2.75) is 39.5 Å². The number of nitrogens with zero attached hydrogens (tertiary/aromatic N) is 4. The molecule has 10 heteroatoms. The number of halogens is 4. The second kappa shape index (κ2) is 8.92. The van der Waals surface area contributed by atoms with Crippen molar-refractivity contribution in [3.63, 3.8) is 0 Å². The molecule has 2 aromatic heterocycles. The fourth-order valence-corrected chi connectivity index (χ4v) is 3.70. The molecule has 0 unspecified atom stereocenters. The van der Waals surface area contributed by atoms with Gasteiger partial charge in [-0.05, 0) is 54.3 Å². The van der Waals surface area contributed by atoms with E-state index in [1.807, 2.05) is 13.8 Å². The van der Waals surface area contributed by atoms with Crippen LogP contribution in [0.2, 0.25) is 0 Å². The second-order valence-electron chi connectivity index (χ2n) is 8.47. The van der Waals surface area contributed by atoms with Crippen LogP contribution in [0.5, 0.6) is 0 Å². The van der Waals surface area contributed by atoms with Crippen LogP contribution in [-0.2, 0) is 19.3 Å². The molecule has 178 valence electrons. The third-order valence-corrected chi connectivity index (χ3v) is 5.55. The van der Waals surface area contributed by atoms with Gasteiger partial charge in [0.25, 0.3) is 5.56 Å². The third-order valence-electron chi connectivity index (χ3n) is 5.55. The number of fused-ring (bicyclic) bond motifs is 1. The second-order valence-corrected chi connectivity index (χ2v) is 8.47. The average molecular weight is 474 g/mol. The Labute approximate surface area is 191 Å². The summed E-state index contributed by atoms with van der Waals surface area (Å²) in [6.45, 7) is 4.20. The molecule has 4 rings (SSSR count). The van der Waals surface area contributed by atoms with E-state index in [1.54, 1.807) is 0 Å². The van der Waals surface area contributed by atoms with Crippen molar-refractivity contribution in [1.82, 2.24) is 18.7 Å². The summed E-state index contributed by atoms with van der Waals surface area (Å²) in [5.41, 5.74) is -0.808. The minimum absolute atomic E-state index is 0.0790. The molecule has 0 fully saturated rings. The number of benzene rings is 2. The van der Waals surface area contributed by atoms with Crippen LogP contribution in [0.25, 0.3) is 16.9 Å². The van der Waals surface area contributed by atoms with Crippen LogP contribution in [0, 0.1) is 11.7 Å². The summed E-state index contributed by atoms with van der Waals surface area (Å²) in [5, 5.41) is 0. The van der Waals surface area contributed by atoms with E-state index in [-0.39, 0.29) is 30.2 Å². The first-order valence-corrected chi connectivity index (χ1v) is 10.7. The minimum atomic E-state index is -4.45. The smallest absolute Gasteiger partial charge is 0.320 e. The fraction of sp³-hybridized carbons (Fsp3) is 0.292. The summed E-state index contributed by atoms with van der Waals surface area (Å²) >= 11 is 0. The predicted octanol–water partition coefficient (Wildman–Crippen LogP) is 4.60. The molecule has 4 aromatic rings. The van der Waals surface area contributed by atoms with E-state index >= 15 is 0 Å². The molecule has 0 spiro atoms. The van der Waals surface area contributed by atoms with Crippen LogP contribution in [-0.4, -0.2) is 18.7 Å². The summed E-state index contributed by atoms with van der Waals surface area (Å²) in [6, 6.07) is 9.87. The van der Waals surface area contributed by atoms with Gasteiger partial charge in [0.2, 0.25) is 0 Å². The van der Waals surface area contributed by atoms with Gasteiger partial charge in [0.1, 0.15) is 5.82 Å². The zero-order chi connectivity index (χ0) is 24.6. The maximum atomic E-state index is 13.5. The highest BCUT2D eigenvalue weighted by Gasteiger charge is 2.30. The van der Waals surface area contributed by atoms with Crippen LogP contribution in [0.3, 0.4) is 0 Å². The number of alkyl halides is 3. The van der Waals surface area contributed by atoms with Crippen LogP contribution in [0.1, 0.15) is 31.4 Å². The first kappa shape index (κ1) is 23.5. The number of aromatic nitrogens is 4. The Morgan fingerprint density at radius 1 is 0.971 bits per heavy atom. The Hall–Kier alpha value is -3.69. The van der Waals surface area contributed by atoms with Crippen LogP contribution in [0.15, 0.2) is 64.4 Å². The molecule has 0 bridgehead atoms. The van der Waals surface area contributed by atoms with Crippen LogP contribution >= 0.6 is 0 Å². The summed E-state index contributed by atoms with van der Waals surface area (Å²) in [4.78, 5) is 30.9. The van der Waals surface area contributed by atoms with E-state index in [4.69, 9.17) is 0 Å². The first-order valence-electron chi connectivity index (χ1n) is 10.7. The molecule has 0 aliphatic carbocycles. The van der Waals surface area contributed by atoms with E-state index in [2.05, 4.69) is 4.98 Å². The van der Waals surface area contributed by atoms with Gasteiger partial charge in [0.05, 0.1) is 17.6 Å². The van der Waals surface area contributed by atoms with Crippen molar-refractivity contribution in [1.29, 1.82) is 0 Å². The van der Waals surface area contributed by atoms with Crippen LogP contribution < -0.4 is 11.2 Å². The van der Waals surface area contributed by atoms with Gasteiger partial charge in [-0.2, -0.15) is 13.2 Å². The lowest BCUT2D eigenvalue weighted by atomic mass is 10.1. The molecule has 0 saturated heterocycles. The van der Waals surface area contributed by atoms with Crippen molar-refractivity contribution in [2.24, 2.45) is 5.92 Å². The molecule has 0 aliphatic rings. The number of imidazole rings is 1. The van der Waals surface area contributed by atoms with Gasteiger partial charge in [0, 0.05) is 13.1 Å². The highest BCUT2D eigenvalue weighted by Crippen LogP contribution is 2.29. The molecule has 0 amide bonds. The van der Waals surface area contributed by atoms with Gasteiger partial charge in [-0.25, -0.2) is 18.7 Å². The summed E-state index contributed by atoms with van der Waals surface area (Å²) in [5.74, 6) is -0.243. The van der Waals surface area contributed by atoms with E-state index in [1.165, 1.54) is 51.9 Å². The fourth-order valence-electron chi connectivity index (χ4n) is 3.70. The molecular formula is C24H22F4N4O2. The molecule has 0 atom stereocenters. The molecule has 2 aromatic carbocycles. The monoisotopic (exact) mass is 474 g/mol. The lowest BCUT2D eigenvalue weighted by Crippen LogP contribution is -2.40. The Morgan fingerprint density at radius 3 is 2.21 bits per heavy atom. The predicted molar refractivity (Wildman–Crippen MR) is 120 cm³/mol. The maximum absolute atomic E-state index is 13.5. The van der Waals surface area contributed by atoms with Gasteiger partial charge in [-0.15, -0.1) is 0 Å². The first-order chi connectivity index (χ1) is 16.1. The molecule has 0 radical (unpaired) electrons. The highest BCUT2D eigenvalue weighted by molar-refractivity contribution is 5.72. The summed E-state index contributed by atoms with van der Waals surface area (Å²) in [6.07, 6.45) is -2.50. The van der Waals surface area contributed by atoms with Crippen molar-refractivity contribution in [3.8, 4) is 5.69 Å². The van der Waals surface area contributed by atoms with E-state index in [0.717, 1.165) is 16.7 Å². The molecule has 0 aliphatic heterocycles. The van der Waals surface area contributed by atoms with E-state index in [9.17, 15) is 27.2 Å². The normalized spacial score (nSPS) is 12.1. The quantitative estimate of drug-likeness (QED) is 0.384. The average Bonchev–Trinajstić information content (AvgIpc) is 3.18. The van der Waals surface area contributed by atoms with Crippen molar-refractivity contribution in [3.05, 3.63) is 92.6 Å². The SMILES string of the molecule is CC(C)CCn1c(=O)c2c(ncn2Cc2ccc(C(F)(F)F)cc2)n(-c2ccc(F)cc2)c1=O. The Morgan fingerprint density at radius 2 is 1.62 bits per heavy atom. The molecule has 6 nitrogen and oxygen atoms in total. The van der Waals surface area contributed by atoms with E-state index in [0.29, 0.717) is 17.7 Å². The largest absolute Gasteiger partial charge is 0.416 e. The van der Waals surface area contributed by atoms with Crippen molar-refractivity contribution < 1.29 is 17.6 Å². The van der Waals surface area contributed by atoms with E-state index < -0.39 is 28.8 Å². The summed E-state index contributed by atoms with van der Waals surface area (Å²) in [7, 11) is 0. The van der Waals surface area contributed by atoms with Crippen LogP contribution in [0.4, 0.5) is 17.6 Å². The molecule has 34 heavy (non-hydrogen) atoms. The zero-order valence-electron chi connectivity index (χ0n) is 18.5. The Bertz CT molecular complexity index is 1430. The van der Waals surface area contributed by atoms with Gasteiger partial charge < -0.3 is 4.57 Å². The lowest BCUT2D eigenvalue weighted by molar-refractivity contribution is -0.137. The minimum Gasteiger partial charge on any atom is -0.320 e. The number of rotatable bonds is 6. The van der Waals surface area contributed by atoms with Gasteiger partial charge >= 0.3 is 11.9 Å². The number of hydrogen-bond donors (Lipinski definition) is 0.